The van der Waals surface area contributed by atoms with Crippen LogP contribution >= 0.6 is 0 Å². The molecule has 6 heteroatoms. The molecule has 0 saturated heterocycles. The summed E-state index contributed by atoms with van der Waals surface area (Å²) in [4.78, 5) is 26.9. The lowest BCUT2D eigenvalue weighted by Gasteiger charge is -2.10. The first-order valence-electron chi connectivity index (χ1n) is 6.32. The van der Waals surface area contributed by atoms with Crippen LogP contribution in [-0.2, 0) is 0 Å². The highest BCUT2D eigenvalue weighted by Gasteiger charge is 2.22. The highest BCUT2D eigenvalue weighted by molar-refractivity contribution is 6.01. The van der Waals surface area contributed by atoms with E-state index < -0.39 is 10.8 Å². The van der Waals surface area contributed by atoms with Crippen LogP contribution in [0.2, 0.25) is 0 Å². The van der Waals surface area contributed by atoms with Crippen molar-refractivity contribution in [2.45, 2.75) is 12.8 Å². The maximum atomic E-state index is 12.4. The molecular weight excluding hydrogens is 272 g/mol. The summed E-state index contributed by atoms with van der Waals surface area (Å²) in [5, 5.41) is 10.8. The Morgan fingerprint density at radius 1 is 1.33 bits per heavy atom. The van der Waals surface area contributed by atoms with Gasteiger partial charge in [0, 0.05) is 17.8 Å². The lowest BCUT2D eigenvalue weighted by molar-refractivity contribution is -0.385. The Balaban J connectivity index is 2.34. The van der Waals surface area contributed by atoms with Crippen LogP contribution in [0.25, 0.3) is 0 Å². The van der Waals surface area contributed by atoms with Gasteiger partial charge in [0.1, 0.15) is 0 Å². The van der Waals surface area contributed by atoms with Crippen molar-refractivity contribution in [1.82, 2.24) is 4.98 Å². The highest BCUT2D eigenvalue weighted by Crippen LogP contribution is 2.29. The van der Waals surface area contributed by atoms with Gasteiger partial charge >= 0.3 is 5.69 Å². The van der Waals surface area contributed by atoms with Crippen LogP contribution in [0, 0.1) is 10.1 Å². The smallest absolute Gasteiger partial charge is 0.310 e. The summed E-state index contributed by atoms with van der Waals surface area (Å²) in [6, 6.07) is 9.45. The van der Waals surface area contributed by atoms with Crippen LogP contribution in [-0.4, -0.2) is 22.8 Å². The minimum absolute atomic E-state index is 0.0686. The number of hydrogen-bond acceptors (Lipinski definition) is 5. The van der Waals surface area contributed by atoms with Gasteiger partial charge in [0.15, 0.2) is 11.5 Å². The minimum atomic E-state index is -0.546. The fourth-order valence-corrected chi connectivity index (χ4v) is 2.00. The van der Waals surface area contributed by atoms with Crippen molar-refractivity contribution in [3.8, 4) is 5.75 Å². The van der Waals surface area contributed by atoms with E-state index in [-0.39, 0.29) is 17.2 Å². The molecule has 0 aliphatic heterocycles. The molecule has 21 heavy (non-hydrogen) atoms. The zero-order valence-corrected chi connectivity index (χ0v) is 11.6. The third kappa shape index (κ3) is 3.05. The van der Waals surface area contributed by atoms with Crippen molar-refractivity contribution < 1.29 is 14.5 Å². The number of nitro benzene ring substituents is 1. The van der Waals surface area contributed by atoms with Gasteiger partial charge in [-0.05, 0) is 31.2 Å². The zero-order valence-electron chi connectivity index (χ0n) is 11.6. The van der Waals surface area contributed by atoms with E-state index in [1.54, 1.807) is 25.3 Å². The second-order valence-electron chi connectivity index (χ2n) is 4.48. The molecule has 0 aliphatic rings. The van der Waals surface area contributed by atoms with Crippen LogP contribution in [0.15, 0.2) is 42.6 Å². The Labute approximate surface area is 121 Å². The van der Waals surface area contributed by atoms with Gasteiger partial charge in [0.05, 0.1) is 23.6 Å². The van der Waals surface area contributed by atoms with E-state index >= 15 is 0 Å². The number of nitrogens with zero attached hydrogens (tertiary/aromatic N) is 2. The Kier molecular flexibility index (Phi) is 4.27. The number of pyridine rings is 1. The number of hydrogen-bond donors (Lipinski definition) is 0. The van der Waals surface area contributed by atoms with Crippen molar-refractivity contribution in [1.29, 1.82) is 0 Å². The fourth-order valence-electron chi connectivity index (χ4n) is 2.00. The normalized spacial score (nSPS) is 11.7. The van der Waals surface area contributed by atoms with E-state index in [2.05, 4.69) is 4.98 Å². The molecule has 1 aromatic carbocycles. The molecule has 0 saturated carbocycles. The molecule has 1 heterocycles. The number of benzene rings is 1. The van der Waals surface area contributed by atoms with E-state index in [0.29, 0.717) is 11.3 Å². The maximum Gasteiger partial charge on any atom is 0.310 e. The molecule has 0 fully saturated rings. The van der Waals surface area contributed by atoms with Gasteiger partial charge in [-0.3, -0.25) is 19.9 Å². The number of ketones is 1. The number of ether oxygens (including phenoxy) is 1. The lowest BCUT2D eigenvalue weighted by Crippen LogP contribution is -2.11. The molecule has 6 nitrogen and oxygen atoms in total. The van der Waals surface area contributed by atoms with Crippen LogP contribution in [0.3, 0.4) is 0 Å². The lowest BCUT2D eigenvalue weighted by atomic mass is 9.95. The van der Waals surface area contributed by atoms with Gasteiger partial charge in [0.2, 0.25) is 0 Å². The minimum Gasteiger partial charge on any atom is -0.490 e. The third-order valence-electron chi connectivity index (χ3n) is 3.19. The molecule has 0 aliphatic carbocycles. The molecule has 0 radical (unpaired) electrons. The summed E-state index contributed by atoms with van der Waals surface area (Å²) >= 11 is 0. The molecule has 0 spiro atoms. The first-order valence-corrected chi connectivity index (χ1v) is 6.32. The monoisotopic (exact) mass is 286 g/mol. The fraction of sp³-hybridized carbons (Fsp3) is 0.200. The van der Waals surface area contributed by atoms with Gasteiger partial charge in [-0.25, -0.2) is 0 Å². The molecular formula is C15H14N2O4. The molecule has 0 N–H and O–H groups in total. The van der Waals surface area contributed by atoms with Crippen molar-refractivity contribution in [2.75, 3.05) is 7.11 Å². The SMILES string of the molecule is COc1cc(C(=O)C(C)c2ccccn2)ccc1[N+](=O)[O-]. The number of Topliss-reactive ketones (excluding diaryl/α,β-unsaturated/α-hetero) is 1. The quantitative estimate of drug-likeness (QED) is 0.479. The number of methoxy groups -OCH3 is 1. The van der Waals surface area contributed by atoms with Crippen LogP contribution < -0.4 is 4.74 Å². The molecule has 2 rings (SSSR count). The van der Waals surface area contributed by atoms with Crippen molar-refractivity contribution in [2.24, 2.45) is 0 Å². The molecule has 2 aromatic rings. The van der Waals surface area contributed by atoms with Crippen molar-refractivity contribution in [3.05, 3.63) is 64.0 Å². The van der Waals surface area contributed by atoms with Crippen molar-refractivity contribution in [3.63, 3.8) is 0 Å². The van der Waals surface area contributed by atoms with E-state index in [1.807, 2.05) is 6.07 Å². The van der Waals surface area contributed by atoms with Crippen LogP contribution in [0.5, 0.6) is 5.75 Å². The largest absolute Gasteiger partial charge is 0.490 e. The van der Waals surface area contributed by atoms with Crippen LogP contribution in [0.4, 0.5) is 5.69 Å². The molecule has 0 amide bonds. The van der Waals surface area contributed by atoms with Gasteiger partial charge in [-0.15, -0.1) is 0 Å². The molecule has 1 atom stereocenters. The summed E-state index contributed by atoms with van der Waals surface area (Å²) in [6.45, 7) is 1.75. The summed E-state index contributed by atoms with van der Waals surface area (Å²) < 4.78 is 4.97. The molecule has 1 aromatic heterocycles. The molecule has 1 unspecified atom stereocenters. The number of rotatable bonds is 5. The average Bonchev–Trinajstić information content (AvgIpc) is 2.53. The number of aromatic nitrogens is 1. The predicted octanol–water partition coefficient (Wildman–Crippen LogP) is 2.98. The maximum absolute atomic E-state index is 12.4. The summed E-state index contributed by atoms with van der Waals surface area (Å²) in [6.07, 6.45) is 1.62. The van der Waals surface area contributed by atoms with Gasteiger partial charge < -0.3 is 4.74 Å². The summed E-state index contributed by atoms with van der Waals surface area (Å²) in [5.41, 5.74) is 0.843. The van der Waals surface area contributed by atoms with Gasteiger partial charge in [-0.1, -0.05) is 6.07 Å². The van der Waals surface area contributed by atoms with Crippen molar-refractivity contribution >= 4 is 11.5 Å². The topological polar surface area (TPSA) is 82.3 Å². The number of nitro groups is 1. The Morgan fingerprint density at radius 2 is 2.10 bits per heavy atom. The molecule has 108 valence electrons. The Morgan fingerprint density at radius 3 is 2.67 bits per heavy atom. The van der Waals surface area contributed by atoms with E-state index in [1.165, 1.54) is 25.3 Å². The van der Waals surface area contributed by atoms with Crippen LogP contribution in [0.1, 0.15) is 28.9 Å². The second kappa shape index (κ2) is 6.13. The van der Waals surface area contributed by atoms with E-state index in [9.17, 15) is 14.9 Å². The van der Waals surface area contributed by atoms with E-state index in [0.717, 1.165) is 0 Å². The first-order chi connectivity index (χ1) is 10.0. The number of carbonyl (C=O) groups is 1. The zero-order chi connectivity index (χ0) is 15.4. The number of carbonyl (C=O) groups excluding carboxylic acids is 1. The molecule has 0 bridgehead atoms. The second-order valence-corrected chi connectivity index (χ2v) is 4.48. The third-order valence-corrected chi connectivity index (χ3v) is 3.19. The first kappa shape index (κ1) is 14.6. The average molecular weight is 286 g/mol. The Bertz CT molecular complexity index is 671. The van der Waals surface area contributed by atoms with Gasteiger partial charge in [0.25, 0.3) is 0 Å². The highest BCUT2D eigenvalue weighted by atomic mass is 16.6. The standard InChI is InChI=1S/C15H14N2O4/c1-10(12-5-3-4-8-16-12)15(18)11-6-7-13(17(19)20)14(9-11)21-2/h3-10H,1-2H3. The predicted molar refractivity (Wildman–Crippen MR) is 76.6 cm³/mol. The Hall–Kier alpha value is -2.76. The summed E-state index contributed by atoms with van der Waals surface area (Å²) in [5.74, 6) is -0.529. The van der Waals surface area contributed by atoms with Gasteiger partial charge in [-0.2, -0.15) is 0 Å². The summed E-state index contributed by atoms with van der Waals surface area (Å²) in [7, 11) is 1.33. The van der Waals surface area contributed by atoms with E-state index in [4.69, 9.17) is 4.74 Å².